The topological polar surface area (TPSA) is 55.5 Å². The van der Waals surface area contributed by atoms with E-state index in [-0.39, 0.29) is 11.7 Å². The molecule has 0 aliphatic heterocycles. The van der Waals surface area contributed by atoms with Crippen molar-refractivity contribution in [1.29, 1.82) is 0 Å². The highest BCUT2D eigenvalue weighted by Gasteiger charge is 2.11. The number of phenolic OH excluding ortho intramolecular Hbond substituents is 1. The molecule has 1 aromatic carbocycles. The maximum absolute atomic E-state index is 9.71. The minimum atomic E-state index is 0.148. The molecular formula is C10H15NO2. The zero-order chi connectivity index (χ0) is 9.84. The molecule has 1 rings (SSSR count). The summed E-state index contributed by atoms with van der Waals surface area (Å²) in [7, 11) is 1.53. The summed E-state index contributed by atoms with van der Waals surface area (Å²) in [4.78, 5) is 0. The van der Waals surface area contributed by atoms with Crippen molar-refractivity contribution in [3.63, 3.8) is 0 Å². The van der Waals surface area contributed by atoms with E-state index in [1.54, 1.807) is 6.07 Å². The van der Waals surface area contributed by atoms with E-state index in [4.69, 9.17) is 10.5 Å². The Morgan fingerprint density at radius 1 is 1.54 bits per heavy atom. The van der Waals surface area contributed by atoms with E-state index in [2.05, 4.69) is 0 Å². The fourth-order valence-corrected chi connectivity index (χ4v) is 1.23. The first-order valence-corrected chi connectivity index (χ1v) is 4.26. The Balaban J connectivity index is 3.08. The van der Waals surface area contributed by atoms with Crippen LogP contribution in [0.1, 0.15) is 18.4 Å². The highest BCUT2D eigenvalue weighted by Crippen LogP contribution is 2.33. The lowest BCUT2D eigenvalue weighted by atomic mass is 10.00. The van der Waals surface area contributed by atoms with Crippen molar-refractivity contribution in [1.82, 2.24) is 0 Å². The molecular weight excluding hydrogens is 166 g/mol. The Bertz CT molecular complexity index is 286. The van der Waals surface area contributed by atoms with Crippen LogP contribution in [0.3, 0.4) is 0 Å². The second-order valence-corrected chi connectivity index (χ2v) is 3.03. The standard InChI is InChI=1S/C10H15NO2/c1-7(6-11)8-4-3-5-9(13-2)10(8)12/h3-5,7,12H,6,11H2,1-2H3. The molecule has 0 bridgehead atoms. The second kappa shape index (κ2) is 4.14. The van der Waals surface area contributed by atoms with Crippen molar-refractivity contribution < 1.29 is 9.84 Å². The second-order valence-electron chi connectivity index (χ2n) is 3.03. The molecule has 0 radical (unpaired) electrons. The molecule has 3 heteroatoms. The van der Waals surface area contributed by atoms with Gasteiger partial charge < -0.3 is 15.6 Å². The lowest BCUT2D eigenvalue weighted by Gasteiger charge is -2.13. The van der Waals surface area contributed by atoms with E-state index >= 15 is 0 Å². The zero-order valence-corrected chi connectivity index (χ0v) is 7.95. The van der Waals surface area contributed by atoms with E-state index in [0.717, 1.165) is 5.56 Å². The van der Waals surface area contributed by atoms with Crippen LogP contribution in [-0.4, -0.2) is 18.8 Å². The van der Waals surface area contributed by atoms with E-state index < -0.39 is 0 Å². The average Bonchev–Trinajstić information content (AvgIpc) is 2.17. The minimum absolute atomic E-state index is 0.148. The Labute approximate surface area is 78.1 Å². The molecule has 0 amide bonds. The first-order chi connectivity index (χ1) is 6.20. The van der Waals surface area contributed by atoms with Crippen LogP contribution < -0.4 is 10.5 Å². The highest BCUT2D eigenvalue weighted by molar-refractivity contribution is 5.46. The zero-order valence-electron chi connectivity index (χ0n) is 7.95. The molecule has 0 spiro atoms. The van der Waals surface area contributed by atoms with Gasteiger partial charge in [0.2, 0.25) is 0 Å². The summed E-state index contributed by atoms with van der Waals surface area (Å²) in [6.45, 7) is 2.48. The Kier molecular flexibility index (Phi) is 3.14. The Morgan fingerprint density at radius 2 is 2.23 bits per heavy atom. The summed E-state index contributed by atoms with van der Waals surface area (Å²) in [5.41, 5.74) is 6.35. The van der Waals surface area contributed by atoms with E-state index in [9.17, 15) is 5.11 Å². The summed E-state index contributed by atoms with van der Waals surface area (Å²) >= 11 is 0. The van der Waals surface area contributed by atoms with Crippen LogP contribution in [0.15, 0.2) is 18.2 Å². The highest BCUT2D eigenvalue weighted by atomic mass is 16.5. The lowest BCUT2D eigenvalue weighted by molar-refractivity contribution is 0.369. The first-order valence-electron chi connectivity index (χ1n) is 4.26. The molecule has 1 atom stereocenters. The van der Waals surface area contributed by atoms with Crippen LogP contribution in [0.4, 0.5) is 0 Å². The van der Waals surface area contributed by atoms with Gasteiger partial charge in [-0.15, -0.1) is 0 Å². The summed E-state index contributed by atoms with van der Waals surface area (Å²) in [5.74, 6) is 0.843. The van der Waals surface area contributed by atoms with Crippen LogP contribution in [0.25, 0.3) is 0 Å². The summed E-state index contributed by atoms with van der Waals surface area (Å²) in [6.07, 6.45) is 0. The number of rotatable bonds is 3. The van der Waals surface area contributed by atoms with Crippen molar-refractivity contribution in [3.05, 3.63) is 23.8 Å². The van der Waals surface area contributed by atoms with Crippen molar-refractivity contribution in [2.45, 2.75) is 12.8 Å². The van der Waals surface area contributed by atoms with Gasteiger partial charge in [0.05, 0.1) is 7.11 Å². The van der Waals surface area contributed by atoms with Gasteiger partial charge >= 0.3 is 0 Å². The van der Waals surface area contributed by atoms with Gasteiger partial charge in [-0.25, -0.2) is 0 Å². The minimum Gasteiger partial charge on any atom is -0.504 e. The quantitative estimate of drug-likeness (QED) is 0.742. The maximum Gasteiger partial charge on any atom is 0.161 e. The van der Waals surface area contributed by atoms with Crippen molar-refractivity contribution in [2.75, 3.05) is 13.7 Å². The SMILES string of the molecule is COc1cccc(C(C)CN)c1O. The van der Waals surface area contributed by atoms with Gasteiger partial charge in [-0.2, -0.15) is 0 Å². The molecule has 0 heterocycles. The van der Waals surface area contributed by atoms with Crippen LogP contribution in [-0.2, 0) is 0 Å². The van der Waals surface area contributed by atoms with Crippen LogP contribution >= 0.6 is 0 Å². The largest absolute Gasteiger partial charge is 0.504 e. The monoisotopic (exact) mass is 181 g/mol. The summed E-state index contributed by atoms with van der Waals surface area (Å²) in [5, 5.41) is 9.71. The predicted octanol–water partition coefficient (Wildman–Crippen LogP) is 1.46. The normalized spacial score (nSPS) is 12.5. The van der Waals surface area contributed by atoms with Crippen molar-refractivity contribution in [3.8, 4) is 11.5 Å². The van der Waals surface area contributed by atoms with Gasteiger partial charge in [-0.3, -0.25) is 0 Å². The van der Waals surface area contributed by atoms with Gasteiger partial charge in [0.15, 0.2) is 11.5 Å². The number of hydrogen-bond acceptors (Lipinski definition) is 3. The molecule has 13 heavy (non-hydrogen) atoms. The van der Waals surface area contributed by atoms with E-state index in [1.807, 2.05) is 19.1 Å². The predicted molar refractivity (Wildman–Crippen MR) is 52.1 cm³/mol. The number of aromatic hydroxyl groups is 1. The van der Waals surface area contributed by atoms with Gasteiger partial charge in [0.25, 0.3) is 0 Å². The number of hydrogen-bond donors (Lipinski definition) is 2. The van der Waals surface area contributed by atoms with Crippen LogP contribution in [0, 0.1) is 0 Å². The van der Waals surface area contributed by atoms with Gasteiger partial charge in [0.1, 0.15) is 0 Å². The van der Waals surface area contributed by atoms with Crippen molar-refractivity contribution in [2.24, 2.45) is 5.73 Å². The van der Waals surface area contributed by atoms with Crippen LogP contribution in [0.5, 0.6) is 11.5 Å². The molecule has 3 N–H and O–H groups in total. The molecule has 1 aromatic rings. The molecule has 3 nitrogen and oxygen atoms in total. The number of methoxy groups -OCH3 is 1. The molecule has 0 fully saturated rings. The molecule has 0 aliphatic carbocycles. The average molecular weight is 181 g/mol. The smallest absolute Gasteiger partial charge is 0.161 e. The third-order valence-corrected chi connectivity index (χ3v) is 2.13. The van der Waals surface area contributed by atoms with E-state index in [1.165, 1.54) is 7.11 Å². The molecule has 1 unspecified atom stereocenters. The number of ether oxygens (including phenoxy) is 1. The number of benzene rings is 1. The third-order valence-electron chi connectivity index (χ3n) is 2.13. The van der Waals surface area contributed by atoms with Gasteiger partial charge in [-0.05, 0) is 18.5 Å². The molecule has 72 valence electrons. The molecule has 0 aliphatic rings. The Hall–Kier alpha value is -1.22. The van der Waals surface area contributed by atoms with Gasteiger partial charge in [0, 0.05) is 5.56 Å². The lowest BCUT2D eigenvalue weighted by Crippen LogP contribution is -2.09. The fourth-order valence-electron chi connectivity index (χ4n) is 1.23. The summed E-state index contributed by atoms with van der Waals surface area (Å²) < 4.78 is 4.99. The fraction of sp³-hybridized carbons (Fsp3) is 0.400. The number of phenols is 1. The first kappa shape index (κ1) is 9.86. The number of nitrogens with two attached hydrogens (primary N) is 1. The maximum atomic E-state index is 9.71. The molecule has 0 saturated heterocycles. The summed E-state index contributed by atoms with van der Waals surface area (Å²) in [6, 6.07) is 5.43. The van der Waals surface area contributed by atoms with Gasteiger partial charge in [-0.1, -0.05) is 19.1 Å². The Morgan fingerprint density at radius 3 is 2.77 bits per heavy atom. The number of para-hydroxylation sites is 1. The van der Waals surface area contributed by atoms with Crippen molar-refractivity contribution >= 4 is 0 Å². The van der Waals surface area contributed by atoms with E-state index in [0.29, 0.717) is 12.3 Å². The third kappa shape index (κ3) is 1.92. The molecule has 0 saturated carbocycles. The molecule has 0 aromatic heterocycles. The van der Waals surface area contributed by atoms with Crippen LogP contribution in [0.2, 0.25) is 0 Å².